The number of nitrogens with two attached hydrogens (primary N) is 1. The second-order valence-electron chi connectivity index (χ2n) is 5.20. The van der Waals surface area contributed by atoms with E-state index in [0.29, 0.717) is 5.76 Å². The first-order valence-corrected chi connectivity index (χ1v) is 7.33. The van der Waals surface area contributed by atoms with Crippen molar-refractivity contribution in [3.63, 3.8) is 0 Å². The highest BCUT2D eigenvalue weighted by atomic mass is 19.4. The Kier molecular flexibility index (Phi) is 6.05. The first kappa shape index (κ1) is 18.8. The van der Waals surface area contributed by atoms with Crippen molar-refractivity contribution in [3.05, 3.63) is 53.5 Å². The maximum atomic E-state index is 12.4. The first-order valence-electron chi connectivity index (χ1n) is 7.33. The molecule has 1 amide bonds. The van der Waals surface area contributed by atoms with Gasteiger partial charge in [-0.3, -0.25) is 4.79 Å². The van der Waals surface area contributed by atoms with Crippen LogP contribution in [0.25, 0.3) is 0 Å². The molecular formula is C16H17F3N2O4. The highest BCUT2D eigenvalue weighted by Gasteiger charge is 2.30. The van der Waals surface area contributed by atoms with Crippen LogP contribution in [0.4, 0.5) is 13.2 Å². The fourth-order valence-corrected chi connectivity index (χ4v) is 1.91. The van der Waals surface area contributed by atoms with E-state index in [4.69, 9.17) is 14.9 Å². The van der Waals surface area contributed by atoms with Crippen LogP contribution in [-0.4, -0.2) is 30.3 Å². The second-order valence-corrected chi connectivity index (χ2v) is 5.20. The molecule has 0 radical (unpaired) electrons. The Hall–Kier alpha value is -2.52. The number of amides is 1. The lowest BCUT2D eigenvalue weighted by Crippen LogP contribution is -2.35. The predicted molar refractivity (Wildman–Crippen MR) is 81.9 cm³/mol. The summed E-state index contributed by atoms with van der Waals surface area (Å²) in [6, 6.07) is 5.58. The van der Waals surface area contributed by atoms with Crippen LogP contribution in [0.3, 0.4) is 0 Å². The van der Waals surface area contributed by atoms with Gasteiger partial charge in [0.2, 0.25) is 0 Å². The van der Waals surface area contributed by atoms with Crippen molar-refractivity contribution < 1.29 is 32.2 Å². The summed E-state index contributed by atoms with van der Waals surface area (Å²) < 4.78 is 47.5. The van der Waals surface area contributed by atoms with Gasteiger partial charge in [-0.15, -0.1) is 0 Å². The SMILES string of the molecule is NCc1cc(C(=O)NCC(O)COc2ccc(C(F)(F)F)cc2)co1. The summed E-state index contributed by atoms with van der Waals surface area (Å²) >= 11 is 0. The zero-order chi connectivity index (χ0) is 18.4. The molecule has 1 unspecified atom stereocenters. The number of furan rings is 1. The molecule has 25 heavy (non-hydrogen) atoms. The number of benzene rings is 1. The molecule has 0 aliphatic rings. The summed E-state index contributed by atoms with van der Waals surface area (Å²) in [5.74, 6) is 0.189. The van der Waals surface area contributed by atoms with Crippen LogP contribution in [0.1, 0.15) is 21.7 Å². The highest BCUT2D eigenvalue weighted by Crippen LogP contribution is 2.30. The topological polar surface area (TPSA) is 97.7 Å². The molecular weight excluding hydrogens is 341 g/mol. The van der Waals surface area contributed by atoms with Crippen LogP contribution in [0.5, 0.6) is 5.75 Å². The van der Waals surface area contributed by atoms with E-state index in [1.54, 1.807) is 0 Å². The van der Waals surface area contributed by atoms with Gasteiger partial charge in [0.15, 0.2) is 0 Å². The predicted octanol–water partition coefficient (Wildman–Crippen LogP) is 1.93. The fourth-order valence-electron chi connectivity index (χ4n) is 1.91. The molecule has 2 aromatic rings. The Morgan fingerprint density at radius 3 is 2.56 bits per heavy atom. The number of hydrogen-bond donors (Lipinski definition) is 3. The Morgan fingerprint density at radius 1 is 1.32 bits per heavy atom. The Balaban J connectivity index is 1.76. The summed E-state index contributed by atoms with van der Waals surface area (Å²) in [5, 5.41) is 12.3. The van der Waals surface area contributed by atoms with Gasteiger partial charge >= 0.3 is 6.18 Å². The molecule has 0 spiro atoms. The third-order valence-electron chi connectivity index (χ3n) is 3.24. The molecule has 0 saturated carbocycles. The van der Waals surface area contributed by atoms with Crippen molar-refractivity contribution in [2.24, 2.45) is 5.73 Å². The monoisotopic (exact) mass is 358 g/mol. The molecule has 0 fully saturated rings. The van der Waals surface area contributed by atoms with E-state index in [1.165, 1.54) is 12.3 Å². The summed E-state index contributed by atoms with van der Waals surface area (Å²) in [5.41, 5.74) is 4.86. The van der Waals surface area contributed by atoms with E-state index in [-0.39, 0.29) is 31.0 Å². The number of ether oxygens (including phenoxy) is 1. The number of alkyl halides is 3. The van der Waals surface area contributed by atoms with Gasteiger partial charge < -0.3 is 25.3 Å². The normalized spacial score (nSPS) is 12.7. The number of rotatable bonds is 7. The Morgan fingerprint density at radius 2 is 2.00 bits per heavy atom. The smallest absolute Gasteiger partial charge is 0.416 e. The third-order valence-corrected chi connectivity index (χ3v) is 3.24. The van der Waals surface area contributed by atoms with Crippen molar-refractivity contribution >= 4 is 5.91 Å². The quantitative estimate of drug-likeness (QED) is 0.703. The van der Waals surface area contributed by atoms with Gasteiger partial charge in [-0.25, -0.2) is 0 Å². The van der Waals surface area contributed by atoms with Gasteiger partial charge in [-0.2, -0.15) is 13.2 Å². The van der Waals surface area contributed by atoms with Crippen molar-refractivity contribution in [3.8, 4) is 5.75 Å². The number of hydrogen-bond acceptors (Lipinski definition) is 5. The molecule has 1 aromatic heterocycles. The second kappa shape index (κ2) is 8.04. The third kappa shape index (κ3) is 5.50. The number of carbonyl (C=O) groups excluding carboxylic acids is 1. The molecule has 6 nitrogen and oxygen atoms in total. The van der Waals surface area contributed by atoms with E-state index in [9.17, 15) is 23.1 Å². The van der Waals surface area contributed by atoms with Gasteiger partial charge in [-0.05, 0) is 30.3 Å². The zero-order valence-corrected chi connectivity index (χ0v) is 13.0. The van der Waals surface area contributed by atoms with Crippen molar-refractivity contribution in [2.45, 2.75) is 18.8 Å². The summed E-state index contributed by atoms with van der Waals surface area (Å²) in [4.78, 5) is 11.8. The minimum atomic E-state index is -4.42. The Labute approximate surface area is 141 Å². The fraction of sp³-hybridized carbons (Fsp3) is 0.312. The number of halogens is 3. The van der Waals surface area contributed by atoms with Crippen LogP contribution in [0.2, 0.25) is 0 Å². The Bertz CT molecular complexity index is 698. The lowest BCUT2D eigenvalue weighted by molar-refractivity contribution is -0.137. The van der Waals surface area contributed by atoms with Crippen molar-refractivity contribution in [1.82, 2.24) is 5.32 Å². The van der Waals surface area contributed by atoms with Gasteiger partial charge in [0.25, 0.3) is 5.91 Å². The maximum absolute atomic E-state index is 12.4. The first-order chi connectivity index (χ1) is 11.8. The highest BCUT2D eigenvalue weighted by molar-refractivity contribution is 5.93. The van der Waals surface area contributed by atoms with Gasteiger partial charge in [0.05, 0.1) is 17.7 Å². The summed E-state index contributed by atoms with van der Waals surface area (Å²) in [6.07, 6.45) is -4.20. The van der Waals surface area contributed by atoms with Crippen molar-refractivity contribution in [1.29, 1.82) is 0 Å². The lowest BCUT2D eigenvalue weighted by atomic mass is 10.2. The van der Waals surface area contributed by atoms with Crippen LogP contribution in [-0.2, 0) is 12.7 Å². The van der Waals surface area contributed by atoms with Crippen LogP contribution in [0.15, 0.2) is 41.0 Å². The van der Waals surface area contributed by atoms with E-state index in [1.807, 2.05) is 0 Å². The minimum absolute atomic E-state index is 0.0946. The maximum Gasteiger partial charge on any atom is 0.416 e. The molecule has 0 saturated heterocycles. The largest absolute Gasteiger partial charge is 0.491 e. The van der Waals surface area contributed by atoms with Crippen LogP contribution in [0, 0.1) is 0 Å². The van der Waals surface area contributed by atoms with E-state index in [2.05, 4.69) is 5.32 Å². The zero-order valence-electron chi connectivity index (χ0n) is 13.0. The summed E-state index contributed by atoms with van der Waals surface area (Å²) in [6.45, 7) is -0.120. The van der Waals surface area contributed by atoms with Gasteiger partial charge in [0.1, 0.15) is 30.5 Å². The van der Waals surface area contributed by atoms with E-state index >= 15 is 0 Å². The molecule has 1 atom stereocenters. The molecule has 136 valence electrons. The van der Waals surface area contributed by atoms with E-state index in [0.717, 1.165) is 24.3 Å². The van der Waals surface area contributed by atoms with E-state index < -0.39 is 23.8 Å². The molecule has 2 rings (SSSR count). The number of nitrogens with one attached hydrogen (secondary N) is 1. The molecule has 0 bridgehead atoms. The molecule has 1 heterocycles. The number of carbonyl (C=O) groups is 1. The molecule has 1 aromatic carbocycles. The number of aliphatic hydroxyl groups is 1. The average molecular weight is 358 g/mol. The van der Waals surface area contributed by atoms with Gasteiger partial charge in [0, 0.05) is 6.54 Å². The standard InChI is InChI=1S/C16H17F3N2O4/c17-16(18,19)11-1-3-13(4-2-11)25-9-12(22)7-21-15(23)10-5-14(6-20)24-8-10/h1-5,8,12,22H,6-7,9,20H2,(H,21,23). The molecule has 0 aliphatic heterocycles. The minimum Gasteiger partial charge on any atom is -0.491 e. The van der Waals surface area contributed by atoms with Crippen LogP contribution >= 0.6 is 0 Å². The lowest BCUT2D eigenvalue weighted by Gasteiger charge is -2.13. The molecule has 9 heteroatoms. The number of aliphatic hydroxyl groups excluding tert-OH is 1. The molecule has 4 N–H and O–H groups in total. The van der Waals surface area contributed by atoms with Gasteiger partial charge in [-0.1, -0.05) is 0 Å². The van der Waals surface area contributed by atoms with Crippen LogP contribution < -0.4 is 15.8 Å². The van der Waals surface area contributed by atoms with Crippen molar-refractivity contribution in [2.75, 3.05) is 13.2 Å². The average Bonchev–Trinajstić information content (AvgIpc) is 3.06. The summed E-state index contributed by atoms with van der Waals surface area (Å²) in [7, 11) is 0. The molecule has 0 aliphatic carbocycles.